The molecule has 21 heavy (non-hydrogen) atoms. The third-order valence-electron chi connectivity index (χ3n) is 3.41. The van der Waals surface area contributed by atoms with E-state index in [1.54, 1.807) is 21.9 Å². The maximum atomic E-state index is 12.2. The lowest BCUT2D eigenvalue weighted by Gasteiger charge is -2.34. The van der Waals surface area contributed by atoms with E-state index in [-0.39, 0.29) is 18.2 Å². The molecule has 3 N–H and O–H groups in total. The fourth-order valence-corrected chi connectivity index (χ4v) is 2.22. The van der Waals surface area contributed by atoms with Gasteiger partial charge in [0.15, 0.2) is 0 Å². The Morgan fingerprint density at radius 1 is 1.00 bits per heavy atom. The van der Waals surface area contributed by atoms with Crippen LogP contribution >= 0.6 is 0 Å². The molecule has 1 aromatic rings. The maximum Gasteiger partial charge on any atom is 0.253 e. The van der Waals surface area contributed by atoms with Gasteiger partial charge in [-0.3, -0.25) is 19.8 Å². The van der Waals surface area contributed by atoms with Crippen LogP contribution in [0.4, 0.5) is 0 Å². The molecule has 1 aromatic carbocycles. The summed E-state index contributed by atoms with van der Waals surface area (Å²) in [7, 11) is 0. The molecule has 3 amide bonds. The van der Waals surface area contributed by atoms with Gasteiger partial charge in [-0.25, -0.2) is 5.84 Å². The standard InChI is InChI=1S/C14H18N4O3/c15-16-12(19)10-13(20)17-6-8-18(9-7-17)14(21)11-4-2-1-3-5-11/h1-5H,6-10,15H2,(H,16,19). The van der Waals surface area contributed by atoms with Crippen LogP contribution in [0.3, 0.4) is 0 Å². The Labute approximate surface area is 122 Å². The summed E-state index contributed by atoms with van der Waals surface area (Å²) in [5.74, 6) is 4.13. The second kappa shape index (κ2) is 6.85. The van der Waals surface area contributed by atoms with Crippen molar-refractivity contribution < 1.29 is 14.4 Å². The molecule has 0 unspecified atom stereocenters. The number of carbonyl (C=O) groups excluding carboxylic acids is 3. The molecule has 1 fully saturated rings. The largest absolute Gasteiger partial charge is 0.339 e. The van der Waals surface area contributed by atoms with Crippen LogP contribution in [0.5, 0.6) is 0 Å². The van der Waals surface area contributed by atoms with Crippen LogP contribution in [0.25, 0.3) is 0 Å². The Bertz CT molecular complexity index is 524. The van der Waals surface area contributed by atoms with Crippen LogP contribution in [0.1, 0.15) is 16.8 Å². The minimum atomic E-state index is -0.511. The summed E-state index contributed by atoms with van der Waals surface area (Å²) in [4.78, 5) is 38.4. The van der Waals surface area contributed by atoms with Gasteiger partial charge in [0.05, 0.1) is 0 Å². The van der Waals surface area contributed by atoms with Crippen LogP contribution in [-0.2, 0) is 9.59 Å². The van der Waals surface area contributed by atoms with Crippen molar-refractivity contribution in [2.24, 2.45) is 5.84 Å². The van der Waals surface area contributed by atoms with Gasteiger partial charge in [-0.05, 0) is 12.1 Å². The Balaban J connectivity index is 1.87. The molecule has 7 nitrogen and oxygen atoms in total. The van der Waals surface area contributed by atoms with Gasteiger partial charge in [0.1, 0.15) is 6.42 Å². The van der Waals surface area contributed by atoms with Crippen molar-refractivity contribution in [3.8, 4) is 0 Å². The second-order valence-electron chi connectivity index (χ2n) is 4.78. The molecule has 1 aliphatic rings. The number of rotatable bonds is 3. The summed E-state index contributed by atoms with van der Waals surface area (Å²) < 4.78 is 0. The van der Waals surface area contributed by atoms with Gasteiger partial charge in [0, 0.05) is 31.7 Å². The summed E-state index contributed by atoms with van der Waals surface area (Å²) >= 11 is 0. The van der Waals surface area contributed by atoms with Gasteiger partial charge >= 0.3 is 0 Å². The predicted octanol–water partition coefficient (Wildman–Crippen LogP) is -0.649. The van der Waals surface area contributed by atoms with E-state index >= 15 is 0 Å². The normalized spacial score (nSPS) is 14.7. The third-order valence-corrected chi connectivity index (χ3v) is 3.41. The Morgan fingerprint density at radius 3 is 2.14 bits per heavy atom. The number of hydrogen-bond acceptors (Lipinski definition) is 4. The number of benzene rings is 1. The number of amides is 3. The lowest BCUT2D eigenvalue weighted by Crippen LogP contribution is -2.51. The number of nitrogens with two attached hydrogens (primary N) is 1. The van der Waals surface area contributed by atoms with E-state index in [1.165, 1.54) is 0 Å². The van der Waals surface area contributed by atoms with Crippen molar-refractivity contribution in [1.29, 1.82) is 0 Å². The number of nitrogens with one attached hydrogen (secondary N) is 1. The van der Waals surface area contributed by atoms with E-state index in [2.05, 4.69) is 0 Å². The Morgan fingerprint density at radius 2 is 1.57 bits per heavy atom. The molecule has 7 heteroatoms. The third kappa shape index (κ3) is 3.79. The quantitative estimate of drug-likeness (QED) is 0.335. The molecule has 1 saturated heterocycles. The zero-order valence-corrected chi connectivity index (χ0v) is 11.6. The molecule has 0 spiro atoms. The predicted molar refractivity (Wildman–Crippen MR) is 75.9 cm³/mol. The van der Waals surface area contributed by atoms with E-state index in [0.717, 1.165) is 0 Å². The van der Waals surface area contributed by atoms with Gasteiger partial charge in [-0.2, -0.15) is 0 Å². The topological polar surface area (TPSA) is 95.7 Å². The van der Waals surface area contributed by atoms with E-state index in [4.69, 9.17) is 5.84 Å². The lowest BCUT2D eigenvalue weighted by atomic mass is 10.2. The highest BCUT2D eigenvalue weighted by atomic mass is 16.2. The van der Waals surface area contributed by atoms with E-state index < -0.39 is 5.91 Å². The monoisotopic (exact) mass is 290 g/mol. The SMILES string of the molecule is NNC(=O)CC(=O)N1CCN(C(=O)c2ccccc2)CC1. The van der Waals surface area contributed by atoms with Crippen molar-refractivity contribution in [2.75, 3.05) is 26.2 Å². The molecule has 1 aliphatic heterocycles. The fourth-order valence-electron chi connectivity index (χ4n) is 2.22. The summed E-state index contributed by atoms with van der Waals surface area (Å²) in [6.07, 6.45) is -0.261. The van der Waals surface area contributed by atoms with Crippen molar-refractivity contribution in [3.05, 3.63) is 35.9 Å². The highest BCUT2D eigenvalue weighted by Crippen LogP contribution is 2.09. The number of hydrogen-bond donors (Lipinski definition) is 2. The summed E-state index contributed by atoms with van der Waals surface area (Å²) in [5.41, 5.74) is 2.57. The molecule has 0 radical (unpaired) electrons. The van der Waals surface area contributed by atoms with Crippen LogP contribution in [0.15, 0.2) is 30.3 Å². The molecule has 0 aliphatic carbocycles. The van der Waals surface area contributed by atoms with Crippen molar-refractivity contribution in [3.63, 3.8) is 0 Å². The zero-order chi connectivity index (χ0) is 15.2. The molecule has 0 bridgehead atoms. The first-order valence-electron chi connectivity index (χ1n) is 6.73. The van der Waals surface area contributed by atoms with Crippen molar-refractivity contribution in [2.45, 2.75) is 6.42 Å². The number of hydrazine groups is 1. The van der Waals surface area contributed by atoms with Crippen molar-refractivity contribution in [1.82, 2.24) is 15.2 Å². The molecular weight excluding hydrogens is 272 g/mol. The first-order chi connectivity index (χ1) is 10.1. The maximum absolute atomic E-state index is 12.2. The number of carbonyl (C=O) groups is 3. The van der Waals surface area contributed by atoms with Gasteiger partial charge in [-0.1, -0.05) is 18.2 Å². The minimum absolute atomic E-state index is 0.0394. The average molecular weight is 290 g/mol. The molecule has 2 rings (SSSR count). The molecule has 112 valence electrons. The molecule has 1 heterocycles. The van der Waals surface area contributed by atoms with E-state index in [1.807, 2.05) is 23.6 Å². The van der Waals surface area contributed by atoms with E-state index in [0.29, 0.717) is 31.7 Å². The van der Waals surface area contributed by atoms with Gasteiger partial charge in [0.2, 0.25) is 11.8 Å². The molecular formula is C14H18N4O3. The van der Waals surface area contributed by atoms with Crippen LogP contribution in [0, 0.1) is 0 Å². The van der Waals surface area contributed by atoms with E-state index in [9.17, 15) is 14.4 Å². The van der Waals surface area contributed by atoms with Gasteiger partial charge < -0.3 is 9.80 Å². The van der Waals surface area contributed by atoms with Crippen molar-refractivity contribution >= 4 is 17.7 Å². The number of nitrogens with zero attached hydrogens (tertiary/aromatic N) is 2. The Hall–Kier alpha value is -2.41. The minimum Gasteiger partial charge on any atom is -0.339 e. The smallest absolute Gasteiger partial charge is 0.253 e. The highest BCUT2D eigenvalue weighted by Gasteiger charge is 2.25. The fraction of sp³-hybridized carbons (Fsp3) is 0.357. The van der Waals surface area contributed by atoms with Crippen LogP contribution in [-0.4, -0.2) is 53.7 Å². The Kier molecular flexibility index (Phi) is 4.89. The molecule has 0 saturated carbocycles. The van der Waals surface area contributed by atoms with Crippen LogP contribution < -0.4 is 11.3 Å². The molecule has 0 atom stereocenters. The summed E-state index contributed by atoms with van der Waals surface area (Å²) in [6.45, 7) is 1.78. The lowest BCUT2D eigenvalue weighted by molar-refractivity contribution is -0.137. The average Bonchev–Trinajstić information content (AvgIpc) is 2.55. The second-order valence-corrected chi connectivity index (χ2v) is 4.78. The molecule has 0 aromatic heterocycles. The zero-order valence-electron chi connectivity index (χ0n) is 11.6. The van der Waals surface area contributed by atoms with Gasteiger partial charge in [-0.15, -0.1) is 0 Å². The first kappa shape index (κ1) is 15.0. The van der Waals surface area contributed by atoms with Gasteiger partial charge in [0.25, 0.3) is 5.91 Å². The van der Waals surface area contributed by atoms with Crippen LogP contribution in [0.2, 0.25) is 0 Å². The summed E-state index contributed by atoms with van der Waals surface area (Å²) in [5, 5.41) is 0. The summed E-state index contributed by atoms with van der Waals surface area (Å²) in [6, 6.07) is 9.03. The number of piperazine rings is 1. The highest BCUT2D eigenvalue weighted by molar-refractivity contribution is 5.97. The first-order valence-corrected chi connectivity index (χ1v) is 6.73.